The maximum Gasteiger partial charge on any atom is 0.221 e. The van der Waals surface area contributed by atoms with Gasteiger partial charge in [0.25, 0.3) is 0 Å². The number of aromatic nitrogens is 1. The van der Waals surface area contributed by atoms with Gasteiger partial charge < -0.3 is 9.47 Å². The summed E-state index contributed by atoms with van der Waals surface area (Å²) in [6.45, 7) is 0. The van der Waals surface area contributed by atoms with E-state index >= 15 is 0 Å². The van der Waals surface area contributed by atoms with E-state index in [2.05, 4.69) is 36.8 Å². The Kier molecular flexibility index (Phi) is 2.47. The third-order valence-electron chi connectivity index (χ3n) is 1.85. The number of fused-ring (bicyclic) bond motifs is 1. The predicted molar refractivity (Wildman–Crippen MR) is 55.8 cm³/mol. The van der Waals surface area contributed by atoms with Crippen molar-refractivity contribution >= 4 is 31.9 Å². The average Bonchev–Trinajstić information content (AvgIpc) is 2.43. The van der Waals surface area contributed by atoms with E-state index in [9.17, 15) is 0 Å². The van der Waals surface area contributed by atoms with E-state index in [1.54, 1.807) is 13.3 Å². The molecule has 2 unspecified atom stereocenters. The Labute approximate surface area is 92.7 Å². The summed E-state index contributed by atoms with van der Waals surface area (Å²) >= 11 is 6.90. The molecule has 0 aromatic carbocycles. The van der Waals surface area contributed by atoms with Gasteiger partial charge in [0, 0.05) is 6.20 Å². The van der Waals surface area contributed by atoms with Gasteiger partial charge in [-0.15, -0.1) is 0 Å². The number of hydrogen-bond donors (Lipinski definition) is 0. The molecule has 1 aliphatic heterocycles. The summed E-state index contributed by atoms with van der Waals surface area (Å²) in [6.07, 6.45) is 1.67. The molecule has 0 fully saturated rings. The molecule has 2 rings (SSSR count). The lowest BCUT2D eigenvalue weighted by Crippen LogP contribution is -2.04. The summed E-state index contributed by atoms with van der Waals surface area (Å²) in [4.78, 5) is 4.19. The molecule has 0 N–H and O–H groups in total. The molecule has 0 bridgehead atoms. The fourth-order valence-electron chi connectivity index (χ4n) is 1.27. The van der Waals surface area contributed by atoms with Gasteiger partial charge in [0.15, 0.2) is 5.01 Å². The topological polar surface area (TPSA) is 31.4 Å². The number of nitrogens with zero attached hydrogens (tertiary/aromatic N) is 1. The van der Waals surface area contributed by atoms with E-state index < -0.39 is 0 Å². The van der Waals surface area contributed by atoms with Crippen molar-refractivity contribution < 1.29 is 9.47 Å². The molecule has 13 heavy (non-hydrogen) atoms. The summed E-state index contributed by atoms with van der Waals surface area (Å²) < 4.78 is 10.6. The summed E-state index contributed by atoms with van der Waals surface area (Å²) in [5.41, 5.74) is 0.965. The monoisotopic (exact) mass is 307 g/mol. The molecule has 1 aromatic rings. The molecule has 1 aliphatic rings. The van der Waals surface area contributed by atoms with Crippen LogP contribution < -0.4 is 9.47 Å². The van der Waals surface area contributed by atoms with Crippen LogP contribution in [-0.4, -0.2) is 17.1 Å². The predicted octanol–water partition coefficient (Wildman–Crippen LogP) is 2.64. The van der Waals surface area contributed by atoms with E-state index in [1.807, 2.05) is 6.07 Å². The van der Waals surface area contributed by atoms with E-state index in [0.29, 0.717) is 5.88 Å². The lowest BCUT2D eigenvalue weighted by molar-refractivity contribution is 0.328. The molecule has 0 spiro atoms. The lowest BCUT2D eigenvalue weighted by Gasteiger charge is -2.05. The zero-order chi connectivity index (χ0) is 9.42. The van der Waals surface area contributed by atoms with Crippen molar-refractivity contribution in [2.75, 3.05) is 7.11 Å². The maximum atomic E-state index is 5.51. The standard InChI is InChI=1S/C8H7Br2NO2/c1-12-8-5-4(2-3-11-8)13-7(10)6(5)9/h2-3,6-7H,1H3. The third kappa shape index (κ3) is 1.44. The van der Waals surface area contributed by atoms with Crippen LogP contribution in [0.2, 0.25) is 0 Å². The van der Waals surface area contributed by atoms with Crippen molar-refractivity contribution in [1.82, 2.24) is 4.98 Å². The summed E-state index contributed by atoms with van der Waals surface area (Å²) in [5.74, 6) is 1.43. The smallest absolute Gasteiger partial charge is 0.221 e. The minimum Gasteiger partial charge on any atom is -0.481 e. The van der Waals surface area contributed by atoms with Gasteiger partial charge in [0.2, 0.25) is 5.88 Å². The molecule has 70 valence electrons. The van der Waals surface area contributed by atoms with Gasteiger partial charge in [0.1, 0.15) is 5.75 Å². The second-order valence-corrected chi connectivity index (χ2v) is 4.49. The van der Waals surface area contributed by atoms with Crippen molar-refractivity contribution in [3.05, 3.63) is 17.8 Å². The number of halogens is 2. The quantitative estimate of drug-likeness (QED) is 0.747. The molecule has 0 saturated carbocycles. The first-order valence-corrected chi connectivity index (χ1v) is 5.55. The van der Waals surface area contributed by atoms with E-state index in [-0.39, 0.29) is 9.84 Å². The molecule has 1 aromatic heterocycles. The molecule has 2 heterocycles. The van der Waals surface area contributed by atoms with E-state index in [0.717, 1.165) is 11.3 Å². The van der Waals surface area contributed by atoms with Crippen LogP contribution >= 0.6 is 31.9 Å². The Bertz CT molecular complexity index is 332. The zero-order valence-corrected chi connectivity index (χ0v) is 10.0. The molecule has 2 atom stereocenters. The van der Waals surface area contributed by atoms with Gasteiger partial charge in [-0.05, 0) is 22.0 Å². The first-order valence-electron chi connectivity index (χ1n) is 3.71. The molecule has 5 heteroatoms. The van der Waals surface area contributed by atoms with E-state index in [1.165, 1.54) is 0 Å². The van der Waals surface area contributed by atoms with Crippen molar-refractivity contribution in [3.63, 3.8) is 0 Å². The van der Waals surface area contributed by atoms with Crippen molar-refractivity contribution in [2.24, 2.45) is 0 Å². The van der Waals surface area contributed by atoms with Crippen LogP contribution in [0.1, 0.15) is 10.4 Å². The summed E-state index contributed by atoms with van der Waals surface area (Å²) in [7, 11) is 1.60. The molecule has 0 radical (unpaired) electrons. The Morgan fingerprint density at radius 2 is 2.31 bits per heavy atom. The van der Waals surface area contributed by atoms with Crippen LogP contribution in [0.25, 0.3) is 0 Å². The number of pyridine rings is 1. The molecule has 0 aliphatic carbocycles. The molecule has 0 saturated heterocycles. The highest BCUT2D eigenvalue weighted by Gasteiger charge is 2.34. The molecule has 0 amide bonds. The zero-order valence-electron chi connectivity index (χ0n) is 6.83. The summed E-state index contributed by atoms with van der Waals surface area (Å²) in [6, 6.07) is 1.83. The lowest BCUT2D eigenvalue weighted by atomic mass is 10.2. The highest BCUT2D eigenvalue weighted by molar-refractivity contribution is 9.12. The first kappa shape index (κ1) is 9.27. The normalized spacial score (nSPS) is 25.2. The van der Waals surface area contributed by atoms with Crippen LogP contribution in [0.5, 0.6) is 11.6 Å². The highest BCUT2D eigenvalue weighted by Crippen LogP contribution is 2.47. The maximum absolute atomic E-state index is 5.51. The fourth-order valence-corrected chi connectivity index (χ4v) is 2.26. The van der Waals surface area contributed by atoms with Gasteiger partial charge in [-0.25, -0.2) is 4.98 Å². The van der Waals surface area contributed by atoms with Gasteiger partial charge in [-0.1, -0.05) is 15.9 Å². The SMILES string of the molecule is COc1nccc2c1C(Br)C(Br)O2. The second-order valence-electron chi connectivity index (χ2n) is 2.60. The minimum atomic E-state index is -0.0550. The number of methoxy groups -OCH3 is 1. The van der Waals surface area contributed by atoms with Gasteiger partial charge in [-0.2, -0.15) is 0 Å². The minimum absolute atomic E-state index is 0.0550. The van der Waals surface area contributed by atoms with Crippen molar-refractivity contribution in [2.45, 2.75) is 9.84 Å². The number of ether oxygens (including phenoxy) is 2. The Hall–Kier alpha value is -0.290. The van der Waals surface area contributed by atoms with Crippen molar-refractivity contribution in [3.8, 4) is 11.6 Å². The second kappa shape index (κ2) is 3.46. The van der Waals surface area contributed by atoms with Crippen LogP contribution in [0.15, 0.2) is 12.3 Å². The third-order valence-corrected chi connectivity index (χ3v) is 4.22. The van der Waals surface area contributed by atoms with Gasteiger partial charge >= 0.3 is 0 Å². The highest BCUT2D eigenvalue weighted by atomic mass is 79.9. The van der Waals surface area contributed by atoms with Crippen LogP contribution in [0.3, 0.4) is 0 Å². The molecular formula is C8H7Br2NO2. The summed E-state index contributed by atoms with van der Waals surface area (Å²) in [5, 5.41) is -0.0550. The first-order chi connectivity index (χ1) is 6.24. The van der Waals surface area contributed by atoms with Gasteiger partial charge in [-0.3, -0.25) is 0 Å². The largest absolute Gasteiger partial charge is 0.481 e. The van der Waals surface area contributed by atoms with Crippen LogP contribution in [-0.2, 0) is 0 Å². The number of alkyl halides is 2. The average molecular weight is 309 g/mol. The molecule has 3 nitrogen and oxygen atoms in total. The van der Waals surface area contributed by atoms with Crippen LogP contribution in [0.4, 0.5) is 0 Å². The van der Waals surface area contributed by atoms with E-state index in [4.69, 9.17) is 9.47 Å². The number of rotatable bonds is 1. The Balaban J connectivity index is 2.51. The van der Waals surface area contributed by atoms with Gasteiger partial charge in [0.05, 0.1) is 17.5 Å². The Morgan fingerprint density at radius 1 is 1.54 bits per heavy atom. The molecular weight excluding hydrogens is 302 g/mol. The number of hydrogen-bond acceptors (Lipinski definition) is 3. The van der Waals surface area contributed by atoms with Crippen LogP contribution in [0, 0.1) is 0 Å². The fraction of sp³-hybridized carbons (Fsp3) is 0.375. The Morgan fingerprint density at radius 3 is 3.00 bits per heavy atom. The van der Waals surface area contributed by atoms with Crippen molar-refractivity contribution in [1.29, 1.82) is 0 Å².